The Hall–Kier alpha value is -2.63. The molecule has 0 atom stereocenters. The van der Waals surface area contributed by atoms with Crippen molar-refractivity contribution >= 4 is 17.1 Å². The van der Waals surface area contributed by atoms with Crippen LogP contribution in [0.3, 0.4) is 0 Å². The van der Waals surface area contributed by atoms with Crippen LogP contribution in [-0.2, 0) is 0 Å². The van der Waals surface area contributed by atoms with Crippen LogP contribution in [0.5, 0.6) is 0 Å². The monoisotopic (exact) mass is 258 g/mol. The summed E-state index contributed by atoms with van der Waals surface area (Å²) in [6.45, 7) is 1.66. The Bertz CT molecular complexity index is 834. The van der Waals surface area contributed by atoms with Crippen LogP contribution in [0.1, 0.15) is 5.56 Å². The van der Waals surface area contributed by atoms with Gasteiger partial charge < -0.3 is 10.7 Å². The minimum atomic E-state index is -0.391. The third kappa shape index (κ3) is 1.69. The largest absolute Gasteiger partial charge is 0.369 e. The Kier molecular flexibility index (Phi) is 2.38. The molecule has 3 rings (SSSR count). The fourth-order valence-electron chi connectivity index (χ4n) is 2.05. The van der Waals surface area contributed by atoms with Crippen LogP contribution in [0.15, 0.2) is 35.1 Å². The molecule has 0 amide bonds. The fourth-order valence-corrected chi connectivity index (χ4v) is 2.05. The number of hydrogen-bond acceptors (Lipinski definition) is 3. The molecule has 2 heterocycles. The molecule has 3 aromatic rings. The number of nitrogens with two attached hydrogens (primary N) is 1. The molecular formula is C13H11FN4O. The van der Waals surface area contributed by atoms with Crippen molar-refractivity contribution in [2.24, 2.45) is 0 Å². The standard InChI is InChI=1S/C13H11FN4O/c1-7-3-2-4-9(11(7)14)18-12-8(16-13(18)15)5-6-10(19)17-12/h2-6H,1H3,(H2,15,16)(H,17,19). The Morgan fingerprint density at radius 1 is 1.32 bits per heavy atom. The first kappa shape index (κ1) is 11.5. The molecule has 0 saturated carbocycles. The van der Waals surface area contributed by atoms with Gasteiger partial charge in [-0.05, 0) is 24.6 Å². The van der Waals surface area contributed by atoms with E-state index in [1.165, 1.54) is 10.6 Å². The number of nitrogens with zero attached hydrogens (tertiary/aromatic N) is 2. The van der Waals surface area contributed by atoms with Crippen LogP contribution >= 0.6 is 0 Å². The number of halogens is 1. The van der Waals surface area contributed by atoms with Crippen LogP contribution in [0.25, 0.3) is 16.9 Å². The van der Waals surface area contributed by atoms with Gasteiger partial charge in [-0.3, -0.25) is 9.36 Å². The molecule has 5 nitrogen and oxygen atoms in total. The van der Waals surface area contributed by atoms with Gasteiger partial charge in [-0.2, -0.15) is 0 Å². The van der Waals surface area contributed by atoms with Gasteiger partial charge in [0.15, 0.2) is 0 Å². The maximum atomic E-state index is 14.2. The third-order valence-corrected chi connectivity index (χ3v) is 2.98. The van der Waals surface area contributed by atoms with Gasteiger partial charge in [-0.25, -0.2) is 9.37 Å². The Balaban J connectivity index is 2.42. The summed E-state index contributed by atoms with van der Waals surface area (Å²) in [6, 6.07) is 7.88. The summed E-state index contributed by atoms with van der Waals surface area (Å²) in [5, 5.41) is 0. The van der Waals surface area contributed by atoms with Crippen molar-refractivity contribution in [3.05, 3.63) is 52.1 Å². The molecule has 0 spiro atoms. The van der Waals surface area contributed by atoms with E-state index in [9.17, 15) is 9.18 Å². The van der Waals surface area contributed by atoms with E-state index in [4.69, 9.17) is 5.73 Å². The highest BCUT2D eigenvalue weighted by atomic mass is 19.1. The van der Waals surface area contributed by atoms with Crippen molar-refractivity contribution in [2.45, 2.75) is 6.92 Å². The average molecular weight is 258 g/mol. The molecule has 0 aliphatic heterocycles. The molecule has 0 fully saturated rings. The number of fused-ring (bicyclic) bond motifs is 1. The summed E-state index contributed by atoms with van der Waals surface area (Å²) in [7, 11) is 0. The van der Waals surface area contributed by atoms with Gasteiger partial charge >= 0.3 is 0 Å². The minimum Gasteiger partial charge on any atom is -0.369 e. The Morgan fingerprint density at radius 2 is 2.11 bits per heavy atom. The molecule has 0 saturated heterocycles. The number of H-pyrrole nitrogens is 1. The van der Waals surface area contributed by atoms with E-state index in [1.54, 1.807) is 31.2 Å². The van der Waals surface area contributed by atoms with E-state index in [0.717, 1.165) is 0 Å². The van der Waals surface area contributed by atoms with Crippen LogP contribution in [-0.4, -0.2) is 14.5 Å². The fraction of sp³-hybridized carbons (Fsp3) is 0.0769. The van der Waals surface area contributed by atoms with Crippen molar-refractivity contribution in [1.82, 2.24) is 14.5 Å². The number of imidazole rings is 1. The van der Waals surface area contributed by atoms with E-state index in [1.807, 2.05) is 0 Å². The summed E-state index contributed by atoms with van der Waals surface area (Å²) in [4.78, 5) is 18.1. The number of rotatable bonds is 1. The van der Waals surface area contributed by atoms with Crippen LogP contribution in [0.2, 0.25) is 0 Å². The lowest BCUT2D eigenvalue weighted by Crippen LogP contribution is -2.08. The van der Waals surface area contributed by atoms with Crippen molar-refractivity contribution in [2.75, 3.05) is 5.73 Å². The van der Waals surface area contributed by atoms with Crippen LogP contribution < -0.4 is 11.3 Å². The molecule has 0 radical (unpaired) electrons. The van der Waals surface area contributed by atoms with Crippen molar-refractivity contribution in [3.8, 4) is 5.69 Å². The summed E-state index contributed by atoms with van der Waals surface area (Å²) in [6.07, 6.45) is 0. The molecule has 0 unspecified atom stereocenters. The third-order valence-electron chi connectivity index (χ3n) is 2.98. The highest BCUT2D eigenvalue weighted by molar-refractivity contribution is 5.76. The van der Waals surface area contributed by atoms with Crippen molar-refractivity contribution < 1.29 is 4.39 Å². The Morgan fingerprint density at radius 3 is 2.89 bits per heavy atom. The lowest BCUT2D eigenvalue weighted by atomic mass is 10.2. The summed E-state index contributed by atoms with van der Waals surface area (Å²) < 4.78 is 15.6. The quantitative estimate of drug-likeness (QED) is 0.698. The highest BCUT2D eigenvalue weighted by Gasteiger charge is 2.15. The maximum absolute atomic E-state index is 14.2. The number of nitrogens with one attached hydrogen (secondary N) is 1. The summed E-state index contributed by atoms with van der Waals surface area (Å²) in [5.74, 6) is -0.264. The smallest absolute Gasteiger partial charge is 0.249 e. The van der Waals surface area contributed by atoms with Gasteiger partial charge in [0.2, 0.25) is 11.5 Å². The predicted molar refractivity (Wildman–Crippen MR) is 70.8 cm³/mol. The van der Waals surface area contributed by atoms with E-state index < -0.39 is 5.82 Å². The predicted octanol–water partition coefficient (Wildman–Crippen LogP) is 1.74. The number of benzene rings is 1. The second-order valence-corrected chi connectivity index (χ2v) is 4.27. The van der Waals surface area contributed by atoms with Crippen molar-refractivity contribution in [3.63, 3.8) is 0 Å². The molecule has 0 aliphatic rings. The van der Waals surface area contributed by atoms with Gasteiger partial charge in [0.25, 0.3) is 0 Å². The van der Waals surface area contributed by atoms with Crippen LogP contribution in [0, 0.1) is 12.7 Å². The van der Waals surface area contributed by atoms with Crippen molar-refractivity contribution in [1.29, 1.82) is 0 Å². The second-order valence-electron chi connectivity index (χ2n) is 4.27. The first-order chi connectivity index (χ1) is 9.08. The first-order valence-electron chi connectivity index (χ1n) is 5.70. The zero-order valence-electron chi connectivity index (χ0n) is 10.1. The molecule has 3 N–H and O–H groups in total. The molecular weight excluding hydrogens is 247 g/mol. The lowest BCUT2D eigenvalue weighted by molar-refractivity contribution is 0.610. The Labute approximate surface area is 107 Å². The minimum absolute atomic E-state index is 0.126. The van der Waals surface area contributed by atoms with Crippen LogP contribution in [0.4, 0.5) is 10.3 Å². The zero-order valence-corrected chi connectivity index (χ0v) is 10.1. The number of aromatic nitrogens is 3. The molecule has 6 heteroatoms. The number of aryl methyl sites for hydroxylation is 1. The molecule has 0 bridgehead atoms. The number of nitrogen functional groups attached to an aromatic ring is 1. The summed E-state index contributed by atoms with van der Waals surface area (Å²) >= 11 is 0. The average Bonchev–Trinajstić information content (AvgIpc) is 2.69. The SMILES string of the molecule is Cc1cccc(-n2c(N)nc3ccc(=O)[nH]c32)c1F. The number of aromatic amines is 1. The van der Waals surface area contributed by atoms with Gasteiger partial charge in [-0.1, -0.05) is 12.1 Å². The number of pyridine rings is 1. The number of anilines is 1. The second kappa shape index (κ2) is 3.94. The lowest BCUT2D eigenvalue weighted by Gasteiger charge is -2.08. The molecule has 19 heavy (non-hydrogen) atoms. The molecule has 0 aliphatic carbocycles. The van der Waals surface area contributed by atoms with Gasteiger partial charge in [-0.15, -0.1) is 0 Å². The van der Waals surface area contributed by atoms with E-state index in [-0.39, 0.29) is 17.2 Å². The molecule has 2 aromatic heterocycles. The normalized spacial score (nSPS) is 11.1. The maximum Gasteiger partial charge on any atom is 0.249 e. The topological polar surface area (TPSA) is 76.7 Å². The zero-order chi connectivity index (χ0) is 13.6. The molecule has 1 aromatic carbocycles. The highest BCUT2D eigenvalue weighted by Crippen LogP contribution is 2.23. The number of hydrogen-bond donors (Lipinski definition) is 2. The van der Waals surface area contributed by atoms with Gasteiger partial charge in [0.1, 0.15) is 17.0 Å². The first-order valence-corrected chi connectivity index (χ1v) is 5.70. The summed E-state index contributed by atoms with van der Waals surface area (Å²) in [5.41, 5.74) is 7.19. The van der Waals surface area contributed by atoms with Gasteiger partial charge in [0, 0.05) is 6.07 Å². The van der Waals surface area contributed by atoms with E-state index in [2.05, 4.69) is 9.97 Å². The van der Waals surface area contributed by atoms with E-state index >= 15 is 0 Å². The van der Waals surface area contributed by atoms with E-state index in [0.29, 0.717) is 16.7 Å². The van der Waals surface area contributed by atoms with Gasteiger partial charge in [0.05, 0.1) is 5.69 Å². The molecule has 96 valence electrons.